The van der Waals surface area contributed by atoms with Crippen molar-refractivity contribution in [2.45, 2.75) is 12.5 Å². The van der Waals surface area contributed by atoms with Gasteiger partial charge in [-0.2, -0.15) is 0 Å². The van der Waals surface area contributed by atoms with Gasteiger partial charge < -0.3 is 10.7 Å². The highest BCUT2D eigenvalue weighted by Gasteiger charge is 2.17. The molecule has 3 nitrogen and oxygen atoms in total. The molecule has 17 heavy (non-hydrogen) atoms. The summed E-state index contributed by atoms with van der Waals surface area (Å²) in [6.45, 7) is 0. The molecule has 1 heterocycles. The molecule has 1 aromatic carbocycles. The predicted octanol–water partition coefficient (Wildman–Crippen LogP) is 2.19. The van der Waals surface area contributed by atoms with E-state index in [0.29, 0.717) is 10.9 Å². The summed E-state index contributed by atoms with van der Waals surface area (Å²) >= 11 is 3.06. The molecule has 1 atom stereocenters. The molecule has 1 aromatic heterocycles. The Morgan fingerprint density at radius 2 is 2.18 bits per heavy atom. The highest BCUT2D eigenvalue weighted by atomic mass is 79.9. The predicted molar refractivity (Wildman–Crippen MR) is 63.3 cm³/mol. The van der Waals surface area contributed by atoms with Crippen molar-refractivity contribution in [1.29, 1.82) is 0 Å². The van der Waals surface area contributed by atoms with Crippen LogP contribution in [0.2, 0.25) is 0 Å². The van der Waals surface area contributed by atoms with E-state index >= 15 is 0 Å². The molecule has 0 aliphatic heterocycles. The van der Waals surface area contributed by atoms with Crippen molar-refractivity contribution in [3.8, 4) is 0 Å². The van der Waals surface area contributed by atoms with E-state index in [1.54, 1.807) is 6.29 Å². The summed E-state index contributed by atoms with van der Waals surface area (Å²) in [5.41, 5.74) is 6.20. The minimum Gasteiger partial charge on any atom is -0.358 e. The maximum Gasteiger partial charge on any atom is 0.217 e. The summed E-state index contributed by atoms with van der Waals surface area (Å²) in [5.74, 6) is -1.38. The lowest BCUT2D eigenvalue weighted by Gasteiger charge is -2.04. The number of carbonyl (C=O) groups excluding carboxylic acids is 1. The van der Waals surface area contributed by atoms with E-state index in [4.69, 9.17) is 5.73 Å². The normalized spacial score (nSPS) is 12.9. The minimum absolute atomic E-state index is 0.156. The smallest absolute Gasteiger partial charge is 0.217 e. The van der Waals surface area contributed by atoms with E-state index in [1.807, 2.05) is 0 Å². The molecule has 2 aromatic rings. The lowest BCUT2D eigenvalue weighted by molar-refractivity contribution is 0.541. The summed E-state index contributed by atoms with van der Waals surface area (Å²) < 4.78 is 27.0. The molecule has 0 saturated carbocycles. The van der Waals surface area contributed by atoms with Gasteiger partial charge in [-0.3, -0.25) is 4.79 Å². The molecule has 0 spiro atoms. The number of hydrogen-bond acceptors (Lipinski definition) is 2. The maximum absolute atomic E-state index is 13.5. The zero-order valence-electron chi connectivity index (χ0n) is 8.56. The molecule has 0 fully saturated rings. The number of nitrogens with one attached hydrogen (secondary N) is 1. The minimum atomic E-state index is -0.813. The first kappa shape index (κ1) is 12.2. The highest BCUT2D eigenvalue weighted by Crippen LogP contribution is 2.31. The number of halogens is 3. The Labute approximate surface area is 104 Å². The van der Waals surface area contributed by atoms with Gasteiger partial charge in [0.2, 0.25) is 6.29 Å². The number of hydrogen-bond donors (Lipinski definition) is 2. The lowest BCUT2D eigenvalue weighted by atomic mass is 10.1. The largest absolute Gasteiger partial charge is 0.358 e. The molecule has 0 aliphatic rings. The summed E-state index contributed by atoms with van der Waals surface area (Å²) in [6, 6.07) is -0.0226. The van der Waals surface area contributed by atoms with E-state index in [-0.39, 0.29) is 16.4 Å². The Morgan fingerprint density at radius 3 is 2.82 bits per heavy atom. The SMILES string of the molecule is N[C@H]([C]=O)Cc1c[nH]c2c(F)cc(F)c(Br)c12. The van der Waals surface area contributed by atoms with Crippen LogP contribution in [0, 0.1) is 11.6 Å². The van der Waals surface area contributed by atoms with Crippen LogP contribution in [-0.4, -0.2) is 17.3 Å². The Balaban J connectivity index is 2.62. The molecular formula is C11H8BrF2N2O. The van der Waals surface area contributed by atoms with Crippen molar-refractivity contribution < 1.29 is 13.6 Å². The zero-order chi connectivity index (χ0) is 12.6. The van der Waals surface area contributed by atoms with Crippen LogP contribution in [-0.2, 0) is 11.2 Å². The number of H-pyrrole nitrogens is 1. The molecule has 1 radical (unpaired) electrons. The monoisotopic (exact) mass is 301 g/mol. The van der Waals surface area contributed by atoms with Gasteiger partial charge in [0.25, 0.3) is 0 Å². The molecule has 6 heteroatoms. The molecule has 0 saturated heterocycles. The van der Waals surface area contributed by atoms with Crippen molar-refractivity contribution in [3.63, 3.8) is 0 Å². The van der Waals surface area contributed by atoms with Gasteiger partial charge >= 0.3 is 0 Å². The van der Waals surface area contributed by atoms with Crippen molar-refractivity contribution in [1.82, 2.24) is 4.98 Å². The first-order valence-electron chi connectivity index (χ1n) is 4.81. The molecule has 2 rings (SSSR count). The second-order valence-electron chi connectivity index (χ2n) is 3.65. The van der Waals surface area contributed by atoms with Crippen LogP contribution < -0.4 is 5.73 Å². The second-order valence-corrected chi connectivity index (χ2v) is 4.44. The summed E-state index contributed by atoms with van der Waals surface area (Å²) in [4.78, 5) is 13.1. The van der Waals surface area contributed by atoms with E-state index < -0.39 is 17.7 Å². The average molecular weight is 302 g/mol. The summed E-state index contributed by atoms with van der Waals surface area (Å²) in [5, 5.41) is 0.369. The maximum atomic E-state index is 13.5. The number of aromatic nitrogens is 1. The Morgan fingerprint density at radius 1 is 1.47 bits per heavy atom. The Bertz CT molecular complexity index is 582. The van der Waals surface area contributed by atoms with Crippen LogP contribution in [0.15, 0.2) is 16.7 Å². The number of nitrogens with two attached hydrogens (primary N) is 1. The van der Waals surface area contributed by atoms with Crippen molar-refractivity contribution >= 4 is 33.1 Å². The lowest BCUT2D eigenvalue weighted by Crippen LogP contribution is -2.23. The highest BCUT2D eigenvalue weighted by molar-refractivity contribution is 9.10. The van der Waals surface area contributed by atoms with Gasteiger partial charge in [0.15, 0.2) is 0 Å². The number of rotatable bonds is 3. The number of fused-ring (bicyclic) bond motifs is 1. The van der Waals surface area contributed by atoms with Gasteiger partial charge in [-0.25, -0.2) is 8.78 Å². The van der Waals surface area contributed by atoms with Crippen LogP contribution >= 0.6 is 15.9 Å². The van der Waals surface area contributed by atoms with Gasteiger partial charge in [-0.1, -0.05) is 0 Å². The number of benzene rings is 1. The third-order valence-electron chi connectivity index (χ3n) is 2.47. The third kappa shape index (κ3) is 2.10. The molecule has 89 valence electrons. The Hall–Kier alpha value is -1.27. The van der Waals surface area contributed by atoms with Crippen molar-refractivity contribution in [2.24, 2.45) is 5.73 Å². The number of aromatic amines is 1. The molecular weight excluding hydrogens is 294 g/mol. The van der Waals surface area contributed by atoms with Crippen molar-refractivity contribution in [2.75, 3.05) is 0 Å². The van der Waals surface area contributed by atoms with Gasteiger partial charge in [-0.05, 0) is 27.9 Å². The van der Waals surface area contributed by atoms with Crippen LogP contribution in [0.5, 0.6) is 0 Å². The van der Waals surface area contributed by atoms with Crippen LogP contribution in [0.1, 0.15) is 5.56 Å². The van der Waals surface area contributed by atoms with E-state index in [2.05, 4.69) is 20.9 Å². The van der Waals surface area contributed by atoms with Crippen LogP contribution in [0.4, 0.5) is 8.78 Å². The third-order valence-corrected chi connectivity index (χ3v) is 3.25. The quantitative estimate of drug-likeness (QED) is 0.854. The molecule has 0 amide bonds. The van der Waals surface area contributed by atoms with E-state index in [0.717, 1.165) is 6.07 Å². The summed E-state index contributed by atoms with van der Waals surface area (Å²) in [7, 11) is 0. The molecule has 0 aliphatic carbocycles. The molecule has 3 N–H and O–H groups in total. The first-order chi connectivity index (χ1) is 8.04. The van der Waals surface area contributed by atoms with Gasteiger partial charge in [0, 0.05) is 17.6 Å². The fraction of sp³-hybridized carbons (Fsp3) is 0.182. The summed E-state index contributed by atoms with van der Waals surface area (Å²) in [6.07, 6.45) is 3.31. The first-order valence-corrected chi connectivity index (χ1v) is 5.60. The standard InChI is InChI=1S/C11H8BrF2N2O/c12-10-7(13)2-8(14)11-9(10)5(3-16-11)1-6(15)4-17/h2-3,6,16H,1,15H2/t6-/m0/s1. The Kier molecular flexibility index (Phi) is 3.26. The van der Waals surface area contributed by atoms with Crippen LogP contribution in [0.3, 0.4) is 0 Å². The van der Waals surface area contributed by atoms with Gasteiger partial charge in [0.05, 0.1) is 16.0 Å². The fourth-order valence-corrected chi connectivity index (χ4v) is 2.28. The van der Waals surface area contributed by atoms with Gasteiger partial charge in [-0.15, -0.1) is 0 Å². The van der Waals surface area contributed by atoms with Gasteiger partial charge in [0.1, 0.15) is 11.6 Å². The average Bonchev–Trinajstić information content (AvgIpc) is 2.70. The molecule has 0 unspecified atom stereocenters. The zero-order valence-corrected chi connectivity index (χ0v) is 10.1. The van der Waals surface area contributed by atoms with E-state index in [1.165, 1.54) is 6.20 Å². The van der Waals surface area contributed by atoms with Crippen molar-refractivity contribution in [3.05, 3.63) is 33.9 Å². The molecule has 0 bridgehead atoms. The topological polar surface area (TPSA) is 58.9 Å². The van der Waals surface area contributed by atoms with E-state index in [9.17, 15) is 13.6 Å². The fourth-order valence-electron chi connectivity index (χ4n) is 1.71. The second kappa shape index (κ2) is 4.54. The van der Waals surface area contributed by atoms with Crippen LogP contribution in [0.25, 0.3) is 10.9 Å².